The van der Waals surface area contributed by atoms with Crippen molar-refractivity contribution in [1.82, 2.24) is 0 Å². The van der Waals surface area contributed by atoms with Gasteiger partial charge in [-0.2, -0.15) is 0 Å². The van der Waals surface area contributed by atoms with Gasteiger partial charge in [-0.25, -0.2) is 0 Å². The van der Waals surface area contributed by atoms with Crippen LogP contribution in [0.1, 0.15) is 0 Å². The summed E-state index contributed by atoms with van der Waals surface area (Å²) in [7, 11) is 0. The van der Waals surface area contributed by atoms with Crippen LogP contribution < -0.4 is 0 Å². The van der Waals surface area contributed by atoms with E-state index in [2.05, 4.69) is 94.8 Å². The summed E-state index contributed by atoms with van der Waals surface area (Å²) in [6, 6.07) is 28.1. The van der Waals surface area contributed by atoms with Crippen molar-refractivity contribution < 1.29 is 0 Å². The summed E-state index contributed by atoms with van der Waals surface area (Å²) in [5.74, 6) is 0. The molecule has 0 bridgehead atoms. The molecule has 100 valence electrons. The predicted molar refractivity (Wildman–Crippen MR) is 94.6 cm³/mol. The van der Waals surface area contributed by atoms with E-state index >= 15 is 0 Å². The average Bonchev–Trinajstić information content (AvgIpc) is 2.54. The van der Waals surface area contributed by atoms with Crippen molar-refractivity contribution in [1.29, 1.82) is 0 Å². The zero-order valence-electron chi connectivity index (χ0n) is 11.4. The van der Waals surface area contributed by atoms with E-state index in [1.807, 2.05) is 0 Å². The molecular formula is C20H13Br. The van der Waals surface area contributed by atoms with Crippen LogP contribution in [0.5, 0.6) is 0 Å². The minimum absolute atomic E-state index is 1.11. The highest BCUT2D eigenvalue weighted by molar-refractivity contribution is 9.10. The van der Waals surface area contributed by atoms with Crippen molar-refractivity contribution in [3.8, 4) is 11.1 Å². The van der Waals surface area contributed by atoms with Crippen LogP contribution >= 0.6 is 15.9 Å². The van der Waals surface area contributed by atoms with E-state index < -0.39 is 0 Å². The van der Waals surface area contributed by atoms with Crippen LogP contribution in [-0.2, 0) is 0 Å². The number of hydrogen-bond donors (Lipinski definition) is 0. The molecule has 0 saturated carbocycles. The van der Waals surface area contributed by atoms with Gasteiger partial charge in [-0.05, 0) is 50.9 Å². The van der Waals surface area contributed by atoms with Crippen LogP contribution in [0.3, 0.4) is 0 Å². The lowest BCUT2D eigenvalue weighted by Crippen LogP contribution is -1.81. The highest BCUT2D eigenvalue weighted by Gasteiger charge is 2.03. The fourth-order valence-electron chi connectivity index (χ4n) is 2.85. The zero-order chi connectivity index (χ0) is 14.2. The maximum Gasteiger partial charge on any atom is 0.0181 e. The van der Waals surface area contributed by atoms with E-state index in [-0.39, 0.29) is 0 Å². The lowest BCUT2D eigenvalue weighted by Gasteiger charge is -2.07. The molecule has 4 rings (SSSR count). The molecule has 1 heteroatoms. The van der Waals surface area contributed by atoms with E-state index in [4.69, 9.17) is 0 Å². The molecule has 0 atom stereocenters. The van der Waals surface area contributed by atoms with E-state index in [9.17, 15) is 0 Å². The van der Waals surface area contributed by atoms with Gasteiger partial charge < -0.3 is 0 Å². The Labute approximate surface area is 132 Å². The lowest BCUT2D eigenvalue weighted by atomic mass is 9.97. The summed E-state index contributed by atoms with van der Waals surface area (Å²) in [5.41, 5.74) is 2.49. The van der Waals surface area contributed by atoms with Crippen LogP contribution in [0.25, 0.3) is 32.7 Å². The average molecular weight is 333 g/mol. The van der Waals surface area contributed by atoms with Crippen molar-refractivity contribution in [2.24, 2.45) is 0 Å². The van der Waals surface area contributed by atoms with Crippen molar-refractivity contribution in [3.63, 3.8) is 0 Å². The molecular weight excluding hydrogens is 320 g/mol. The van der Waals surface area contributed by atoms with Crippen LogP contribution in [0.2, 0.25) is 0 Å². The van der Waals surface area contributed by atoms with Gasteiger partial charge in [-0.1, -0.05) is 76.6 Å². The Morgan fingerprint density at radius 3 is 2.10 bits per heavy atom. The summed E-state index contributed by atoms with van der Waals surface area (Å²) in [6.07, 6.45) is 0. The Kier molecular flexibility index (Phi) is 3.01. The van der Waals surface area contributed by atoms with Crippen LogP contribution in [0.4, 0.5) is 0 Å². The Bertz CT molecular complexity index is 954. The highest BCUT2D eigenvalue weighted by atomic mass is 79.9. The second-order valence-electron chi connectivity index (χ2n) is 5.23. The first kappa shape index (κ1) is 12.6. The number of benzene rings is 4. The number of fused-ring (bicyclic) bond motifs is 3. The highest BCUT2D eigenvalue weighted by Crippen LogP contribution is 2.30. The molecule has 0 aliphatic heterocycles. The third-order valence-corrected chi connectivity index (χ3v) is 4.40. The third-order valence-electron chi connectivity index (χ3n) is 3.90. The van der Waals surface area contributed by atoms with Crippen molar-refractivity contribution in [3.05, 3.63) is 83.3 Å². The first-order chi connectivity index (χ1) is 10.3. The molecule has 0 heterocycles. The van der Waals surface area contributed by atoms with Crippen LogP contribution in [-0.4, -0.2) is 0 Å². The largest absolute Gasteiger partial charge is 0.0616 e. The molecule has 0 N–H and O–H groups in total. The molecule has 4 aromatic carbocycles. The zero-order valence-corrected chi connectivity index (χ0v) is 13.0. The molecule has 0 radical (unpaired) electrons. The molecule has 4 aromatic rings. The van der Waals surface area contributed by atoms with Crippen LogP contribution in [0, 0.1) is 0 Å². The van der Waals surface area contributed by atoms with E-state index in [1.165, 1.54) is 32.7 Å². The second kappa shape index (κ2) is 5.01. The predicted octanol–water partition coefficient (Wildman–Crippen LogP) is 6.42. The molecule has 0 saturated heterocycles. The number of rotatable bonds is 1. The molecule has 0 fully saturated rings. The van der Waals surface area contributed by atoms with Gasteiger partial charge in [0.05, 0.1) is 0 Å². The van der Waals surface area contributed by atoms with Gasteiger partial charge >= 0.3 is 0 Å². The lowest BCUT2D eigenvalue weighted by molar-refractivity contribution is 1.61. The minimum Gasteiger partial charge on any atom is -0.0616 e. The van der Waals surface area contributed by atoms with E-state index in [1.54, 1.807) is 0 Å². The monoisotopic (exact) mass is 332 g/mol. The fourth-order valence-corrected chi connectivity index (χ4v) is 3.25. The topological polar surface area (TPSA) is 0 Å². The summed E-state index contributed by atoms with van der Waals surface area (Å²) in [6.45, 7) is 0. The van der Waals surface area contributed by atoms with Crippen molar-refractivity contribution in [2.45, 2.75) is 0 Å². The molecule has 0 aliphatic rings. The van der Waals surface area contributed by atoms with Gasteiger partial charge in [-0.3, -0.25) is 0 Å². The Morgan fingerprint density at radius 1 is 0.524 bits per heavy atom. The Morgan fingerprint density at radius 2 is 1.24 bits per heavy atom. The third kappa shape index (κ3) is 2.24. The van der Waals surface area contributed by atoms with Gasteiger partial charge in [0.25, 0.3) is 0 Å². The minimum atomic E-state index is 1.11. The molecule has 0 spiro atoms. The molecule has 21 heavy (non-hydrogen) atoms. The first-order valence-corrected chi connectivity index (χ1v) is 7.78. The molecule has 0 nitrogen and oxygen atoms in total. The van der Waals surface area contributed by atoms with Gasteiger partial charge in [0.15, 0.2) is 0 Å². The molecule has 0 aliphatic carbocycles. The van der Waals surface area contributed by atoms with E-state index in [0.29, 0.717) is 0 Å². The number of hydrogen-bond acceptors (Lipinski definition) is 0. The Balaban J connectivity index is 2.02. The summed E-state index contributed by atoms with van der Waals surface area (Å²) < 4.78 is 1.11. The normalized spacial score (nSPS) is 11.1. The SMILES string of the molecule is Brc1cccc(-c2ccc3ccc4ccccc4c3c2)c1. The fraction of sp³-hybridized carbons (Fsp3) is 0. The Hall–Kier alpha value is -2.12. The van der Waals surface area contributed by atoms with Gasteiger partial charge in [0, 0.05) is 4.47 Å². The van der Waals surface area contributed by atoms with Crippen LogP contribution in [0.15, 0.2) is 83.3 Å². The quantitative estimate of drug-likeness (QED) is 0.352. The molecule has 0 aromatic heterocycles. The smallest absolute Gasteiger partial charge is 0.0181 e. The van der Waals surface area contributed by atoms with Gasteiger partial charge in [0.2, 0.25) is 0 Å². The maximum atomic E-state index is 3.55. The second-order valence-corrected chi connectivity index (χ2v) is 6.15. The standard InChI is InChI=1S/C20H13Br/c21-18-6-3-5-16(12-18)17-11-10-15-9-8-14-4-1-2-7-19(14)20(15)13-17/h1-13H. The molecule has 0 amide bonds. The van der Waals surface area contributed by atoms with Crippen molar-refractivity contribution in [2.75, 3.05) is 0 Å². The molecule has 0 unspecified atom stereocenters. The maximum absolute atomic E-state index is 3.55. The summed E-state index contributed by atoms with van der Waals surface area (Å²) in [5, 5.41) is 5.20. The van der Waals surface area contributed by atoms with Crippen molar-refractivity contribution >= 4 is 37.5 Å². The van der Waals surface area contributed by atoms with Gasteiger partial charge in [-0.15, -0.1) is 0 Å². The van der Waals surface area contributed by atoms with E-state index in [0.717, 1.165) is 4.47 Å². The van der Waals surface area contributed by atoms with Gasteiger partial charge in [0.1, 0.15) is 0 Å². The summed E-state index contributed by atoms with van der Waals surface area (Å²) >= 11 is 3.55. The first-order valence-electron chi connectivity index (χ1n) is 6.99. The summed E-state index contributed by atoms with van der Waals surface area (Å²) in [4.78, 5) is 0. The number of halogens is 1.